The molecule has 7 nitrogen and oxygen atoms in total. The predicted octanol–water partition coefficient (Wildman–Crippen LogP) is 5.57. The number of carbonyl (C=O) groups excluding carboxylic acids is 2. The molecule has 0 spiro atoms. The molecule has 41 heavy (non-hydrogen) atoms. The molecule has 9 heteroatoms. The highest BCUT2D eigenvalue weighted by molar-refractivity contribution is 6.31. The molecule has 1 aromatic carbocycles. The number of benzene rings is 1. The van der Waals surface area contributed by atoms with E-state index >= 15 is 0 Å². The number of imidazole rings is 1. The number of fused-ring (bicyclic) bond motifs is 5. The van der Waals surface area contributed by atoms with Gasteiger partial charge in [0.25, 0.3) is 0 Å². The first-order chi connectivity index (χ1) is 19.4. The molecular formula is C32H34ClFN5O2+. The Balaban J connectivity index is 1.46. The molecule has 212 valence electrons. The summed E-state index contributed by atoms with van der Waals surface area (Å²) in [7, 11) is 0. The number of carbonyl (C=O) groups is 2. The highest BCUT2D eigenvalue weighted by Gasteiger charge is 2.57. The summed E-state index contributed by atoms with van der Waals surface area (Å²) >= 11 is 6.10. The molecule has 0 radical (unpaired) electrons. The Bertz CT molecular complexity index is 1710. The summed E-state index contributed by atoms with van der Waals surface area (Å²) in [6.07, 6.45) is 11.2. The molecule has 1 atom stereocenters. The molecule has 2 aromatic heterocycles. The van der Waals surface area contributed by atoms with Crippen molar-refractivity contribution in [3.05, 3.63) is 88.0 Å². The van der Waals surface area contributed by atoms with E-state index in [9.17, 15) is 14.0 Å². The van der Waals surface area contributed by atoms with Crippen molar-refractivity contribution in [2.24, 2.45) is 0 Å². The molecule has 1 fully saturated rings. The lowest BCUT2D eigenvalue weighted by atomic mass is 9.87. The number of nitrogens with zero attached hydrogens (tertiary/aromatic N) is 5. The lowest BCUT2D eigenvalue weighted by molar-refractivity contribution is -0.749. The average Bonchev–Trinajstić information content (AvgIpc) is 3.29. The molecule has 1 aliphatic carbocycles. The standard InChI is InChI=1S/C32H34ClFN5O2/c1-6-20-9-7-8-10-22(15-20)29(40)36-13-14-37-30(41)27-18-38-28(39(27)32(37,5)19-36)23(31(2,3)4)17-26(35-38)21-11-12-25(34)24(33)16-21/h7-12,16-18H,6,13-15,19H2,1-5H3/q+1. The highest BCUT2D eigenvalue weighted by atomic mass is 35.5. The Morgan fingerprint density at radius 3 is 2.63 bits per heavy atom. The van der Waals surface area contributed by atoms with Crippen LogP contribution < -0.4 is 4.57 Å². The number of amides is 2. The summed E-state index contributed by atoms with van der Waals surface area (Å²) in [6, 6.07) is 6.55. The zero-order valence-electron chi connectivity index (χ0n) is 24.0. The van der Waals surface area contributed by atoms with Crippen LogP contribution in [-0.4, -0.2) is 50.9 Å². The molecule has 4 heterocycles. The fourth-order valence-corrected chi connectivity index (χ4v) is 6.41. The minimum absolute atomic E-state index is 0.00596. The zero-order valence-corrected chi connectivity index (χ0v) is 24.8. The van der Waals surface area contributed by atoms with E-state index in [0.717, 1.165) is 23.2 Å². The maximum atomic E-state index is 13.9. The third kappa shape index (κ3) is 4.40. The van der Waals surface area contributed by atoms with E-state index in [1.54, 1.807) is 22.8 Å². The van der Waals surface area contributed by atoms with Crippen LogP contribution in [0.3, 0.4) is 0 Å². The van der Waals surface area contributed by atoms with Crippen LogP contribution in [0.2, 0.25) is 5.02 Å². The van der Waals surface area contributed by atoms with Crippen LogP contribution in [0.1, 0.15) is 63.5 Å². The van der Waals surface area contributed by atoms with Crippen LogP contribution in [0.4, 0.5) is 4.39 Å². The second kappa shape index (κ2) is 9.65. The zero-order chi connectivity index (χ0) is 29.3. The lowest BCUT2D eigenvalue weighted by Crippen LogP contribution is -2.69. The number of halogens is 2. The Hall–Kier alpha value is -3.78. The third-order valence-electron chi connectivity index (χ3n) is 8.46. The number of piperazine rings is 1. The fraction of sp³-hybridized carbons (Fsp3) is 0.375. The van der Waals surface area contributed by atoms with Crippen LogP contribution in [0.5, 0.6) is 0 Å². The molecule has 3 aromatic rings. The second-order valence-electron chi connectivity index (χ2n) is 12.3. The minimum Gasteiger partial charge on any atom is -0.331 e. The van der Waals surface area contributed by atoms with E-state index in [2.05, 4.69) is 38.3 Å². The Morgan fingerprint density at radius 1 is 1.17 bits per heavy atom. The molecule has 0 saturated carbocycles. The molecule has 6 rings (SSSR count). The minimum atomic E-state index is -0.790. The van der Waals surface area contributed by atoms with Gasteiger partial charge in [0.1, 0.15) is 11.5 Å². The van der Waals surface area contributed by atoms with E-state index in [1.807, 2.05) is 41.0 Å². The molecule has 0 N–H and O–H groups in total. The van der Waals surface area contributed by atoms with Crippen molar-refractivity contribution in [1.29, 1.82) is 0 Å². The summed E-state index contributed by atoms with van der Waals surface area (Å²) < 4.78 is 17.7. The van der Waals surface area contributed by atoms with Crippen molar-refractivity contribution in [1.82, 2.24) is 19.4 Å². The molecular weight excluding hydrogens is 541 g/mol. The number of aromatic nitrogens is 3. The van der Waals surface area contributed by atoms with Crippen molar-refractivity contribution >= 4 is 29.1 Å². The molecule has 1 unspecified atom stereocenters. The van der Waals surface area contributed by atoms with Crippen LogP contribution >= 0.6 is 11.6 Å². The summed E-state index contributed by atoms with van der Waals surface area (Å²) in [5.74, 6) is -0.564. The molecule has 1 saturated heterocycles. The Morgan fingerprint density at radius 2 is 1.93 bits per heavy atom. The van der Waals surface area contributed by atoms with Gasteiger partial charge in [-0.2, -0.15) is 4.57 Å². The van der Waals surface area contributed by atoms with Crippen LogP contribution in [-0.2, 0) is 15.9 Å². The first kappa shape index (κ1) is 27.4. The van der Waals surface area contributed by atoms with Gasteiger partial charge in [0.15, 0.2) is 6.20 Å². The summed E-state index contributed by atoms with van der Waals surface area (Å²) in [5, 5.41) is 4.88. The number of hydrogen-bond acceptors (Lipinski definition) is 3. The topological polar surface area (TPSA) is 61.8 Å². The van der Waals surface area contributed by atoms with Gasteiger partial charge in [0, 0.05) is 31.1 Å². The van der Waals surface area contributed by atoms with E-state index in [0.29, 0.717) is 43.0 Å². The van der Waals surface area contributed by atoms with Crippen LogP contribution in [0.25, 0.3) is 16.9 Å². The maximum Gasteiger partial charge on any atom is 0.313 e. The van der Waals surface area contributed by atoms with Crippen molar-refractivity contribution in [2.75, 3.05) is 19.6 Å². The summed E-state index contributed by atoms with van der Waals surface area (Å²) in [5.41, 5.74) is 4.48. The lowest BCUT2D eigenvalue weighted by Gasteiger charge is -2.43. The third-order valence-corrected chi connectivity index (χ3v) is 8.75. The van der Waals surface area contributed by atoms with Gasteiger partial charge >= 0.3 is 11.6 Å². The first-order valence-corrected chi connectivity index (χ1v) is 14.4. The van der Waals surface area contributed by atoms with Gasteiger partial charge in [0.2, 0.25) is 17.3 Å². The van der Waals surface area contributed by atoms with Gasteiger partial charge in [-0.15, -0.1) is 0 Å². The smallest absolute Gasteiger partial charge is 0.313 e. The van der Waals surface area contributed by atoms with E-state index < -0.39 is 11.5 Å². The van der Waals surface area contributed by atoms with Crippen molar-refractivity contribution < 1.29 is 18.5 Å². The number of rotatable bonds is 3. The van der Waals surface area contributed by atoms with Gasteiger partial charge < -0.3 is 4.90 Å². The molecule has 2 amide bonds. The van der Waals surface area contributed by atoms with E-state index in [4.69, 9.17) is 16.7 Å². The largest absolute Gasteiger partial charge is 0.331 e. The SMILES string of the molecule is CCC1=CC=CC=C(C(=O)N2CCN3C(=O)c4cn5nc(-c6ccc(F)c(Cl)c6)cc(C(C)(C)C)c5[n+]4C3(C)C2)C1. The van der Waals surface area contributed by atoms with Crippen LogP contribution in [0.15, 0.2) is 65.9 Å². The van der Waals surface area contributed by atoms with Gasteiger partial charge in [-0.3, -0.25) is 14.5 Å². The quantitative estimate of drug-likeness (QED) is 0.384. The van der Waals surface area contributed by atoms with Gasteiger partial charge in [-0.05, 0) is 42.5 Å². The molecule has 2 aliphatic heterocycles. The fourth-order valence-electron chi connectivity index (χ4n) is 6.23. The van der Waals surface area contributed by atoms with Gasteiger partial charge in [0.05, 0.1) is 17.1 Å². The van der Waals surface area contributed by atoms with E-state index in [-0.39, 0.29) is 22.3 Å². The predicted molar refractivity (Wildman–Crippen MR) is 156 cm³/mol. The van der Waals surface area contributed by atoms with Gasteiger partial charge in [-0.1, -0.05) is 78.8 Å². The van der Waals surface area contributed by atoms with E-state index in [1.165, 1.54) is 11.6 Å². The number of allylic oxidation sites excluding steroid dienone is 5. The number of hydrogen-bond donors (Lipinski definition) is 0. The monoisotopic (exact) mass is 574 g/mol. The molecule has 0 bridgehead atoms. The first-order valence-electron chi connectivity index (χ1n) is 14.0. The van der Waals surface area contributed by atoms with Gasteiger partial charge in [-0.25, -0.2) is 4.39 Å². The second-order valence-corrected chi connectivity index (χ2v) is 12.7. The summed E-state index contributed by atoms with van der Waals surface area (Å²) in [6.45, 7) is 11.7. The Kier molecular flexibility index (Phi) is 6.45. The van der Waals surface area contributed by atoms with Crippen molar-refractivity contribution in [3.8, 4) is 11.3 Å². The van der Waals surface area contributed by atoms with Crippen molar-refractivity contribution in [2.45, 2.75) is 58.5 Å². The molecule has 3 aliphatic rings. The normalized spacial score (nSPS) is 20.6. The highest BCUT2D eigenvalue weighted by Crippen LogP contribution is 2.36. The van der Waals surface area contributed by atoms with Crippen molar-refractivity contribution in [3.63, 3.8) is 0 Å². The van der Waals surface area contributed by atoms with Crippen LogP contribution in [0, 0.1) is 5.82 Å². The summed E-state index contributed by atoms with van der Waals surface area (Å²) in [4.78, 5) is 31.3. The maximum absolute atomic E-state index is 13.9. The Labute approximate surface area is 244 Å². The average molecular weight is 575 g/mol.